The Labute approximate surface area is 163 Å². The molecule has 4 N–H and O–H groups in total. The van der Waals surface area contributed by atoms with Crippen LogP contribution in [0.15, 0.2) is 18.2 Å². The molecule has 8 nitrogen and oxygen atoms in total. The number of piperidine rings is 1. The predicted octanol–water partition coefficient (Wildman–Crippen LogP) is -0.350. The summed E-state index contributed by atoms with van der Waals surface area (Å²) in [5, 5.41) is 19.5. The molecule has 8 heteroatoms. The monoisotopic (exact) mass is 386 g/mol. The minimum absolute atomic E-state index is 0.0580. The van der Waals surface area contributed by atoms with Gasteiger partial charge in [-0.25, -0.2) is 0 Å². The summed E-state index contributed by atoms with van der Waals surface area (Å²) in [5.74, 6) is -0.845. The van der Waals surface area contributed by atoms with Gasteiger partial charge in [-0.1, -0.05) is 12.1 Å². The first-order valence-electron chi connectivity index (χ1n) is 9.80. The molecular formula is C20H26N4O4. The Morgan fingerprint density at radius 1 is 1.36 bits per heavy atom. The van der Waals surface area contributed by atoms with Gasteiger partial charge in [-0.2, -0.15) is 0 Å². The maximum atomic E-state index is 12.7. The lowest BCUT2D eigenvalue weighted by molar-refractivity contribution is -0.136. The number of fused-ring (bicyclic) bond motifs is 1. The molecule has 2 fully saturated rings. The van der Waals surface area contributed by atoms with Crippen molar-refractivity contribution in [3.8, 4) is 0 Å². The standard InChI is InChI=1S/C20H26N4O4/c1-12(20(28)6-7-21-11-20)22-9-13-2-3-15-14(8-13)10-24(19(15)27)16-4-5-17(25)23-18(16)26/h2-3,8,12,16,21-22,28H,4-7,9-11H2,1H3,(H,23,25,26). The number of carbonyl (C=O) groups excluding carboxylic acids is 3. The van der Waals surface area contributed by atoms with Crippen LogP contribution in [-0.2, 0) is 22.7 Å². The van der Waals surface area contributed by atoms with E-state index in [0.717, 1.165) is 24.1 Å². The molecule has 3 atom stereocenters. The Morgan fingerprint density at radius 2 is 2.18 bits per heavy atom. The highest BCUT2D eigenvalue weighted by molar-refractivity contribution is 6.05. The average molecular weight is 386 g/mol. The molecule has 0 aromatic heterocycles. The quantitative estimate of drug-likeness (QED) is 0.515. The maximum Gasteiger partial charge on any atom is 0.255 e. The first-order chi connectivity index (χ1) is 13.4. The second-order valence-corrected chi connectivity index (χ2v) is 8.02. The third kappa shape index (κ3) is 3.43. The largest absolute Gasteiger partial charge is 0.387 e. The molecule has 0 bridgehead atoms. The Bertz CT molecular complexity index is 818. The topological polar surface area (TPSA) is 111 Å². The molecule has 0 aliphatic carbocycles. The van der Waals surface area contributed by atoms with Crippen molar-refractivity contribution >= 4 is 17.7 Å². The first-order valence-corrected chi connectivity index (χ1v) is 9.80. The molecule has 3 unspecified atom stereocenters. The van der Waals surface area contributed by atoms with E-state index in [0.29, 0.717) is 31.6 Å². The van der Waals surface area contributed by atoms with Crippen molar-refractivity contribution in [3.05, 3.63) is 34.9 Å². The number of benzene rings is 1. The number of nitrogens with one attached hydrogen (secondary N) is 3. The molecule has 28 heavy (non-hydrogen) atoms. The number of amides is 3. The minimum atomic E-state index is -0.741. The zero-order chi connectivity index (χ0) is 19.9. The number of hydrogen-bond donors (Lipinski definition) is 4. The van der Waals surface area contributed by atoms with Crippen LogP contribution in [0.5, 0.6) is 0 Å². The van der Waals surface area contributed by atoms with Crippen LogP contribution >= 0.6 is 0 Å². The van der Waals surface area contributed by atoms with Gasteiger partial charge in [0.25, 0.3) is 5.91 Å². The summed E-state index contributed by atoms with van der Waals surface area (Å²) in [7, 11) is 0. The Hall–Kier alpha value is -2.29. The highest BCUT2D eigenvalue weighted by Gasteiger charge is 2.39. The zero-order valence-corrected chi connectivity index (χ0v) is 16.0. The van der Waals surface area contributed by atoms with E-state index in [1.807, 2.05) is 19.1 Å². The van der Waals surface area contributed by atoms with Crippen LogP contribution in [0.2, 0.25) is 0 Å². The molecule has 0 radical (unpaired) electrons. The van der Waals surface area contributed by atoms with Crippen LogP contribution < -0.4 is 16.0 Å². The summed E-state index contributed by atoms with van der Waals surface area (Å²) >= 11 is 0. The number of nitrogens with zero attached hydrogens (tertiary/aromatic N) is 1. The lowest BCUT2D eigenvalue weighted by Crippen LogP contribution is -2.52. The van der Waals surface area contributed by atoms with E-state index in [4.69, 9.17) is 0 Å². The van der Waals surface area contributed by atoms with Gasteiger partial charge in [0.15, 0.2) is 0 Å². The van der Waals surface area contributed by atoms with Crippen LogP contribution in [0, 0.1) is 0 Å². The average Bonchev–Trinajstić information content (AvgIpc) is 3.24. The van der Waals surface area contributed by atoms with E-state index in [-0.39, 0.29) is 24.3 Å². The number of aliphatic hydroxyl groups is 1. The van der Waals surface area contributed by atoms with Gasteiger partial charge in [0.05, 0.1) is 5.60 Å². The second kappa shape index (κ2) is 7.27. The number of rotatable bonds is 5. The summed E-state index contributed by atoms with van der Waals surface area (Å²) in [6, 6.07) is 5.04. The van der Waals surface area contributed by atoms with Crippen molar-refractivity contribution in [3.63, 3.8) is 0 Å². The molecule has 150 valence electrons. The van der Waals surface area contributed by atoms with Gasteiger partial charge < -0.3 is 20.6 Å². The van der Waals surface area contributed by atoms with Crippen LogP contribution in [0.3, 0.4) is 0 Å². The van der Waals surface area contributed by atoms with Gasteiger partial charge in [-0.3, -0.25) is 19.7 Å². The van der Waals surface area contributed by atoms with Crippen LogP contribution in [0.4, 0.5) is 0 Å². The van der Waals surface area contributed by atoms with Gasteiger partial charge >= 0.3 is 0 Å². The molecule has 3 heterocycles. The van der Waals surface area contributed by atoms with Crippen molar-refractivity contribution in [1.82, 2.24) is 20.9 Å². The van der Waals surface area contributed by atoms with Gasteiger partial charge in [0.1, 0.15) is 6.04 Å². The smallest absolute Gasteiger partial charge is 0.255 e. The number of hydrogen-bond acceptors (Lipinski definition) is 6. The normalized spacial score (nSPS) is 28.4. The van der Waals surface area contributed by atoms with Crippen LogP contribution in [0.25, 0.3) is 0 Å². The van der Waals surface area contributed by atoms with E-state index >= 15 is 0 Å². The third-order valence-electron chi connectivity index (χ3n) is 6.17. The molecule has 0 spiro atoms. The van der Waals surface area contributed by atoms with E-state index in [1.54, 1.807) is 11.0 Å². The van der Waals surface area contributed by atoms with E-state index in [1.165, 1.54) is 0 Å². The van der Waals surface area contributed by atoms with Gasteiger partial charge in [0, 0.05) is 37.7 Å². The van der Waals surface area contributed by atoms with Crippen molar-refractivity contribution in [2.24, 2.45) is 0 Å². The van der Waals surface area contributed by atoms with Gasteiger partial charge in [-0.15, -0.1) is 0 Å². The van der Waals surface area contributed by atoms with Crippen molar-refractivity contribution in [2.45, 2.75) is 57.0 Å². The highest BCUT2D eigenvalue weighted by Crippen LogP contribution is 2.28. The molecule has 4 rings (SSSR count). The van der Waals surface area contributed by atoms with Crippen molar-refractivity contribution in [2.75, 3.05) is 13.1 Å². The summed E-state index contributed by atoms with van der Waals surface area (Å²) in [4.78, 5) is 37.8. The molecule has 0 saturated carbocycles. The molecule has 1 aromatic carbocycles. The van der Waals surface area contributed by atoms with Gasteiger partial charge in [-0.05, 0) is 43.5 Å². The Morgan fingerprint density at radius 3 is 2.89 bits per heavy atom. The molecule has 2 saturated heterocycles. The molecular weight excluding hydrogens is 360 g/mol. The Balaban J connectivity index is 1.42. The lowest BCUT2D eigenvalue weighted by Gasteiger charge is -2.30. The fourth-order valence-electron chi connectivity index (χ4n) is 4.27. The molecule has 3 amide bonds. The number of carbonyl (C=O) groups is 3. The van der Waals surface area contributed by atoms with Crippen LogP contribution in [-0.4, -0.2) is 58.5 Å². The summed E-state index contributed by atoms with van der Waals surface area (Å²) in [6.07, 6.45) is 1.34. The minimum Gasteiger partial charge on any atom is -0.387 e. The molecule has 1 aromatic rings. The lowest BCUT2D eigenvalue weighted by atomic mass is 9.94. The van der Waals surface area contributed by atoms with Crippen molar-refractivity contribution < 1.29 is 19.5 Å². The number of β-amino-alcohol motifs (C(OH)–C–C–N with tert-alkyl or cyclic N) is 1. The summed E-state index contributed by atoms with van der Waals surface area (Å²) < 4.78 is 0. The SMILES string of the molecule is CC(NCc1ccc2c(c1)CN(C1CCC(=O)NC1=O)C2=O)C1(O)CCNC1. The maximum absolute atomic E-state index is 12.7. The third-order valence-corrected chi connectivity index (χ3v) is 6.17. The molecule has 3 aliphatic rings. The first kappa shape index (κ1) is 19.0. The number of imide groups is 1. The van der Waals surface area contributed by atoms with Crippen LogP contribution in [0.1, 0.15) is 47.7 Å². The fraction of sp³-hybridized carbons (Fsp3) is 0.550. The van der Waals surface area contributed by atoms with Crippen molar-refractivity contribution in [1.29, 1.82) is 0 Å². The second-order valence-electron chi connectivity index (χ2n) is 8.02. The summed E-state index contributed by atoms with van der Waals surface area (Å²) in [5.41, 5.74) is 1.79. The highest BCUT2D eigenvalue weighted by atomic mass is 16.3. The molecule has 3 aliphatic heterocycles. The zero-order valence-electron chi connectivity index (χ0n) is 16.0. The predicted molar refractivity (Wildman–Crippen MR) is 101 cm³/mol. The van der Waals surface area contributed by atoms with Gasteiger partial charge in [0.2, 0.25) is 11.8 Å². The van der Waals surface area contributed by atoms with E-state index in [9.17, 15) is 19.5 Å². The van der Waals surface area contributed by atoms with E-state index in [2.05, 4.69) is 16.0 Å². The Kier molecular flexibility index (Phi) is 4.95. The van der Waals surface area contributed by atoms with E-state index < -0.39 is 17.6 Å². The summed E-state index contributed by atoms with van der Waals surface area (Å²) in [6.45, 7) is 4.34. The fourth-order valence-corrected chi connectivity index (χ4v) is 4.27.